The van der Waals surface area contributed by atoms with Gasteiger partial charge >= 0.3 is 5.97 Å². The van der Waals surface area contributed by atoms with Gasteiger partial charge in [-0.25, -0.2) is 9.89 Å². The van der Waals surface area contributed by atoms with Gasteiger partial charge in [0.05, 0.1) is 19.4 Å². The van der Waals surface area contributed by atoms with Crippen LogP contribution in [0.25, 0.3) is 0 Å². The molecule has 84 valence electrons. The molecule has 1 aromatic heterocycles. The van der Waals surface area contributed by atoms with Crippen molar-refractivity contribution in [1.29, 1.82) is 0 Å². The number of ether oxygens (including phenoxy) is 2. The maximum atomic E-state index is 11.4. The predicted molar refractivity (Wildman–Crippen MR) is 54.9 cm³/mol. The molecule has 1 aromatic rings. The number of rotatable bonds is 5. The Morgan fingerprint density at radius 1 is 1.60 bits per heavy atom. The molecule has 0 amide bonds. The number of hydrogen-bond donors (Lipinski definition) is 1. The van der Waals surface area contributed by atoms with Crippen molar-refractivity contribution < 1.29 is 14.3 Å². The molecule has 0 saturated carbocycles. The first-order valence-electron chi connectivity index (χ1n) is 4.98. The van der Waals surface area contributed by atoms with Crippen LogP contribution in [0.3, 0.4) is 0 Å². The second-order valence-electron chi connectivity index (χ2n) is 3.54. The quantitative estimate of drug-likeness (QED) is 0.753. The smallest absolute Gasteiger partial charge is 0.345 e. The van der Waals surface area contributed by atoms with Crippen molar-refractivity contribution in [1.82, 2.24) is 10.2 Å². The summed E-state index contributed by atoms with van der Waals surface area (Å²) in [5.74, 6) is 0.357. The molecular weight excluding hydrogens is 196 g/mol. The molecular formula is C10H16N2O3. The zero-order chi connectivity index (χ0) is 11.3. The lowest BCUT2D eigenvalue weighted by Gasteiger charge is -2.07. The van der Waals surface area contributed by atoms with Gasteiger partial charge in [0.15, 0.2) is 0 Å². The summed E-state index contributed by atoms with van der Waals surface area (Å²) < 4.78 is 10.2. The first-order valence-corrected chi connectivity index (χ1v) is 4.98. The van der Waals surface area contributed by atoms with E-state index in [1.54, 1.807) is 6.92 Å². The standard InChI is InChI=1S/C10H16N2O3/c1-4-14-10(13)8-5-11-12-9(8)15-6-7(2)3/h5,7H,4,6H2,1-3H3,(H,11,12). The summed E-state index contributed by atoms with van der Waals surface area (Å²) in [4.78, 5) is 11.4. The Morgan fingerprint density at radius 2 is 2.33 bits per heavy atom. The Kier molecular flexibility index (Phi) is 4.15. The van der Waals surface area contributed by atoms with E-state index in [2.05, 4.69) is 10.2 Å². The Labute approximate surface area is 88.8 Å². The molecule has 15 heavy (non-hydrogen) atoms. The number of hydrogen-bond acceptors (Lipinski definition) is 4. The third kappa shape index (κ3) is 3.27. The van der Waals surface area contributed by atoms with Gasteiger partial charge in [-0.15, -0.1) is 0 Å². The van der Waals surface area contributed by atoms with Gasteiger partial charge in [-0.05, 0) is 12.8 Å². The molecule has 1 heterocycles. The monoisotopic (exact) mass is 212 g/mol. The molecule has 0 atom stereocenters. The summed E-state index contributed by atoms with van der Waals surface area (Å²) in [7, 11) is 0. The van der Waals surface area contributed by atoms with Crippen LogP contribution in [0.2, 0.25) is 0 Å². The third-order valence-electron chi connectivity index (χ3n) is 1.66. The van der Waals surface area contributed by atoms with Crippen LogP contribution >= 0.6 is 0 Å². The van der Waals surface area contributed by atoms with Crippen LogP contribution in [0.15, 0.2) is 6.20 Å². The van der Waals surface area contributed by atoms with Gasteiger partial charge < -0.3 is 9.47 Å². The molecule has 0 spiro atoms. The molecule has 1 rings (SSSR count). The SMILES string of the molecule is CCOC(=O)c1cn[nH]c1OCC(C)C. The minimum absolute atomic E-state index is 0.341. The van der Waals surface area contributed by atoms with Gasteiger partial charge in [0.2, 0.25) is 5.88 Å². The van der Waals surface area contributed by atoms with Gasteiger partial charge in [0.25, 0.3) is 0 Å². The zero-order valence-electron chi connectivity index (χ0n) is 9.24. The Morgan fingerprint density at radius 3 is 2.93 bits per heavy atom. The second kappa shape index (κ2) is 5.38. The van der Waals surface area contributed by atoms with Gasteiger partial charge in [-0.3, -0.25) is 0 Å². The molecule has 0 fully saturated rings. The van der Waals surface area contributed by atoms with Crippen molar-refractivity contribution in [2.24, 2.45) is 5.92 Å². The predicted octanol–water partition coefficient (Wildman–Crippen LogP) is 1.62. The maximum absolute atomic E-state index is 11.4. The molecule has 0 radical (unpaired) electrons. The normalized spacial score (nSPS) is 10.4. The molecule has 5 heteroatoms. The molecule has 0 bridgehead atoms. The molecule has 5 nitrogen and oxygen atoms in total. The number of nitrogens with zero attached hydrogens (tertiary/aromatic N) is 1. The first-order chi connectivity index (χ1) is 7.15. The molecule has 0 aliphatic rings. The molecule has 0 aliphatic carbocycles. The van der Waals surface area contributed by atoms with Crippen molar-refractivity contribution in [3.05, 3.63) is 11.8 Å². The minimum atomic E-state index is -0.412. The summed E-state index contributed by atoms with van der Waals surface area (Å²) in [5, 5.41) is 6.38. The highest BCUT2D eigenvalue weighted by Crippen LogP contribution is 2.15. The van der Waals surface area contributed by atoms with Crippen LogP contribution < -0.4 is 4.74 Å². The highest BCUT2D eigenvalue weighted by Gasteiger charge is 2.16. The summed E-state index contributed by atoms with van der Waals surface area (Å²) in [6, 6.07) is 0. The Balaban J connectivity index is 2.64. The van der Waals surface area contributed by atoms with E-state index in [0.717, 1.165) is 0 Å². The summed E-state index contributed by atoms with van der Waals surface area (Å²) >= 11 is 0. The third-order valence-corrected chi connectivity index (χ3v) is 1.66. The van der Waals surface area contributed by atoms with Crippen molar-refractivity contribution in [3.8, 4) is 5.88 Å². The number of carbonyl (C=O) groups excluding carboxylic acids is 1. The van der Waals surface area contributed by atoms with Crippen LogP contribution in [0.4, 0.5) is 0 Å². The van der Waals surface area contributed by atoms with Crippen LogP contribution in [-0.2, 0) is 4.74 Å². The van der Waals surface area contributed by atoms with Gasteiger partial charge in [0, 0.05) is 0 Å². The summed E-state index contributed by atoms with van der Waals surface area (Å²) in [6.45, 7) is 6.69. The average Bonchev–Trinajstić information content (AvgIpc) is 2.62. The van der Waals surface area contributed by atoms with E-state index in [9.17, 15) is 4.79 Å². The Bertz CT molecular complexity index is 320. The molecule has 0 aromatic carbocycles. The van der Waals surface area contributed by atoms with Crippen LogP contribution in [0.1, 0.15) is 31.1 Å². The van der Waals surface area contributed by atoms with E-state index in [1.165, 1.54) is 6.20 Å². The van der Waals surface area contributed by atoms with E-state index in [4.69, 9.17) is 9.47 Å². The fourth-order valence-electron chi connectivity index (χ4n) is 0.989. The van der Waals surface area contributed by atoms with Crippen LogP contribution in [-0.4, -0.2) is 29.4 Å². The fraction of sp³-hybridized carbons (Fsp3) is 0.600. The topological polar surface area (TPSA) is 64.2 Å². The van der Waals surface area contributed by atoms with E-state index in [0.29, 0.717) is 30.6 Å². The summed E-state index contributed by atoms with van der Waals surface area (Å²) in [5.41, 5.74) is 0.345. The second-order valence-corrected chi connectivity index (χ2v) is 3.54. The lowest BCUT2D eigenvalue weighted by molar-refractivity contribution is 0.0521. The zero-order valence-corrected chi connectivity index (χ0v) is 9.24. The van der Waals surface area contributed by atoms with E-state index in [1.807, 2.05) is 13.8 Å². The van der Waals surface area contributed by atoms with E-state index in [-0.39, 0.29) is 0 Å². The average molecular weight is 212 g/mol. The number of H-pyrrole nitrogens is 1. The van der Waals surface area contributed by atoms with Crippen molar-refractivity contribution in [3.63, 3.8) is 0 Å². The van der Waals surface area contributed by atoms with E-state index < -0.39 is 5.97 Å². The summed E-state index contributed by atoms with van der Waals surface area (Å²) in [6.07, 6.45) is 1.41. The van der Waals surface area contributed by atoms with Crippen molar-refractivity contribution in [2.45, 2.75) is 20.8 Å². The van der Waals surface area contributed by atoms with Crippen LogP contribution in [0, 0.1) is 5.92 Å². The first kappa shape index (κ1) is 11.6. The largest absolute Gasteiger partial charge is 0.477 e. The lowest BCUT2D eigenvalue weighted by atomic mass is 10.2. The van der Waals surface area contributed by atoms with Crippen molar-refractivity contribution in [2.75, 3.05) is 13.2 Å². The molecule has 0 saturated heterocycles. The van der Waals surface area contributed by atoms with Crippen LogP contribution in [0.5, 0.6) is 5.88 Å². The lowest BCUT2D eigenvalue weighted by Crippen LogP contribution is -2.09. The number of esters is 1. The molecule has 1 N–H and O–H groups in total. The fourth-order valence-corrected chi connectivity index (χ4v) is 0.989. The maximum Gasteiger partial charge on any atom is 0.345 e. The van der Waals surface area contributed by atoms with Gasteiger partial charge in [-0.2, -0.15) is 5.10 Å². The molecule has 0 unspecified atom stereocenters. The van der Waals surface area contributed by atoms with Gasteiger partial charge in [-0.1, -0.05) is 13.8 Å². The highest BCUT2D eigenvalue weighted by molar-refractivity contribution is 5.91. The van der Waals surface area contributed by atoms with E-state index >= 15 is 0 Å². The molecule has 0 aliphatic heterocycles. The number of aromatic amines is 1. The highest BCUT2D eigenvalue weighted by atomic mass is 16.5. The minimum Gasteiger partial charge on any atom is -0.477 e. The van der Waals surface area contributed by atoms with Gasteiger partial charge in [0.1, 0.15) is 5.56 Å². The number of nitrogens with one attached hydrogen (secondary N) is 1. The number of aromatic nitrogens is 2. The van der Waals surface area contributed by atoms with Crippen molar-refractivity contribution >= 4 is 5.97 Å². The number of carbonyl (C=O) groups is 1. The Hall–Kier alpha value is -1.52.